The topological polar surface area (TPSA) is 74.0 Å². The van der Waals surface area contributed by atoms with Gasteiger partial charge in [0.1, 0.15) is 0 Å². The van der Waals surface area contributed by atoms with Gasteiger partial charge in [0, 0.05) is 19.6 Å². The van der Waals surface area contributed by atoms with Crippen LogP contribution < -0.4 is 0 Å². The van der Waals surface area contributed by atoms with Gasteiger partial charge in [0.15, 0.2) is 5.76 Å². The Hall–Kier alpha value is -2.03. The molecule has 6 nitrogen and oxygen atoms in total. The average Bonchev–Trinajstić information content (AvgIpc) is 3.15. The molecule has 2 saturated heterocycles. The Labute approximate surface area is 136 Å². The first-order valence-corrected chi connectivity index (χ1v) is 7.50. The number of halogens is 3. The lowest BCUT2D eigenvalue weighted by molar-refractivity contribution is -0.192. The van der Waals surface area contributed by atoms with Crippen molar-refractivity contribution in [3.05, 3.63) is 24.2 Å². The van der Waals surface area contributed by atoms with Crippen molar-refractivity contribution >= 4 is 11.9 Å². The van der Waals surface area contributed by atoms with E-state index in [2.05, 4.69) is 11.9 Å². The van der Waals surface area contributed by atoms with Gasteiger partial charge in [0.05, 0.1) is 6.26 Å². The number of rotatable bonds is 1. The normalized spacial score (nSPS) is 24.1. The maximum Gasteiger partial charge on any atom is 0.490 e. The van der Waals surface area contributed by atoms with Crippen molar-refractivity contribution in [1.29, 1.82) is 0 Å². The number of likely N-dealkylation sites (tertiary alicyclic amines) is 2. The lowest BCUT2D eigenvalue weighted by Gasteiger charge is -2.31. The van der Waals surface area contributed by atoms with E-state index in [9.17, 15) is 18.0 Å². The van der Waals surface area contributed by atoms with Crippen molar-refractivity contribution in [2.75, 3.05) is 33.2 Å². The van der Waals surface area contributed by atoms with Gasteiger partial charge in [0.25, 0.3) is 5.91 Å². The van der Waals surface area contributed by atoms with E-state index in [4.69, 9.17) is 14.3 Å². The van der Waals surface area contributed by atoms with Gasteiger partial charge in [-0.2, -0.15) is 13.2 Å². The van der Waals surface area contributed by atoms with Crippen LogP contribution in [-0.2, 0) is 4.79 Å². The second-order valence-electron chi connectivity index (χ2n) is 6.06. The molecule has 3 heterocycles. The molecule has 1 aromatic rings. The van der Waals surface area contributed by atoms with Crippen LogP contribution in [0.2, 0.25) is 0 Å². The van der Waals surface area contributed by atoms with Crippen molar-refractivity contribution in [3.8, 4) is 0 Å². The first-order valence-electron chi connectivity index (χ1n) is 7.50. The smallest absolute Gasteiger partial charge is 0.475 e. The molecule has 2 aliphatic heterocycles. The van der Waals surface area contributed by atoms with E-state index in [0.29, 0.717) is 17.6 Å². The minimum absolute atomic E-state index is 0.0482. The fourth-order valence-corrected chi connectivity index (χ4v) is 3.07. The maximum absolute atomic E-state index is 12.2. The summed E-state index contributed by atoms with van der Waals surface area (Å²) >= 11 is 0. The van der Waals surface area contributed by atoms with Gasteiger partial charge in [0.2, 0.25) is 0 Å². The van der Waals surface area contributed by atoms with E-state index >= 15 is 0 Å². The fraction of sp³-hybridized carbons (Fsp3) is 0.600. The molecule has 0 aliphatic carbocycles. The summed E-state index contributed by atoms with van der Waals surface area (Å²) in [4.78, 5) is 25.4. The molecule has 2 aliphatic rings. The van der Waals surface area contributed by atoms with Gasteiger partial charge in [-0.3, -0.25) is 4.79 Å². The number of carboxylic acid groups (broad SMARTS) is 1. The van der Waals surface area contributed by atoms with Crippen LogP contribution in [0.4, 0.5) is 13.2 Å². The summed E-state index contributed by atoms with van der Waals surface area (Å²) in [5.74, 6) is -0.908. The van der Waals surface area contributed by atoms with Crippen LogP contribution in [0.15, 0.2) is 22.8 Å². The van der Waals surface area contributed by atoms with Crippen LogP contribution in [0, 0.1) is 11.8 Å². The highest BCUT2D eigenvalue weighted by molar-refractivity contribution is 5.91. The number of piperidine rings is 1. The Morgan fingerprint density at radius 1 is 1.25 bits per heavy atom. The summed E-state index contributed by atoms with van der Waals surface area (Å²) in [5.41, 5.74) is 0. The predicted octanol–water partition coefficient (Wildman–Crippen LogP) is 1.94. The van der Waals surface area contributed by atoms with Gasteiger partial charge in [-0.15, -0.1) is 0 Å². The average molecular weight is 348 g/mol. The molecule has 9 heteroatoms. The standard InChI is InChI=1S/C13H18N2O2.C2HF3O2/c1-14-5-4-10-8-15(9-11(10)7-14)13(16)12-3-2-6-17-12;3-2(4,5)1(6)7/h2-3,6,10-11H,4-5,7-9H2,1H3;(H,6,7)/t10-,11+;/m0./s1. The highest BCUT2D eigenvalue weighted by Gasteiger charge is 2.39. The summed E-state index contributed by atoms with van der Waals surface area (Å²) in [7, 11) is 2.16. The molecule has 0 spiro atoms. The number of alkyl halides is 3. The summed E-state index contributed by atoms with van der Waals surface area (Å²) < 4.78 is 36.9. The SMILES string of the molecule is CN1CC[C@H]2CN(C(=O)c3ccco3)C[C@H]2C1.O=C(O)C(F)(F)F. The van der Waals surface area contributed by atoms with Crippen LogP contribution in [-0.4, -0.2) is 66.2 Å². The number of hydrogen-bond donors (Lipinski definition) is 1. The van der Waals surface area contributed by atoms with Crippen molar-refractivity contribution in [2.24, 2.45) is 11.8 Å². The monoisotopic (exact) mass is 348 g/mol. The molecular weight excluding hydrogens is 329 g/mol. The van der Waals surface area contributed by atoms with Crippen LogP contribution in [0.1, 0.15) is 17.0 Å². The molecule has 3 rings (SSSR count). The molecular formula is C15H19F3N2O4. The van der Waals surface area contributed by atoms with E-state index < -0.39 is 12.1 Å². The number of carbonyl (C=O) groups is 2. The Morgan fingerprint density at radius 2 is 1.88 bits per heavy atom. The van der Waals surface area contributed by atoms with Crippen molar-refractivity contribution in [3.63, 3.8) is 0 Å². The lowest BCUT2D eigenvalue weighted by atomic mass is 9.89. The van der Waals surface area contributed by atoms with Crippen LogP contribution in [0.3, 0.4) is 0 Å². The molecule has 1 amide bonds. The highest BCUT2D eigenvalue weighted by Crippen LogP contribution is 2.31. The lowest BCUT2D eigenvalue weighted by Crippen LogP contribution is -2.37. The molecule has 2 fully saturated rings. The zero-order chi connectivity index (χ0) is 17.9. The van der Waals surface area contributed by atoms with E-state index in [1.54, 1.807) is 18.4 Å². The Bertz CT molecular complexity index is 574. The largest absolute Gasteiger partial charge is 0.490 e. The summed E-state index contributed by atoms with van der Waals surface area (Å²) in [5, 5.41) is 7.12. The fourth-order valence-electron chi connectivity index (χ4n) is 3.07. The van der Waals surface area contributed by atoms with Crippen LogP contribution >= 0.6 is 0 Å². The van der Waals surface area contributed by atoms with E-state index in [1.807, 2.05) is 4.90 Å². The predicted molar refractivity (Wildman–Crippen MR) is 77.4 cm³/mol. The minimum atomic E-state index is -5.08. The summed E-state index contributed by atoms with van der Waals surface area (Å²) in [6, 6.07) is 3.51. The Morgan fingerprint density at radius 3 is 2.42 bits per heavy atom. The third-order valence-electron chi connectivity index (χ3n) is 4.27. The van der Waals surface area contributed by atoms with E-state index in [-0.39, 0.29) is 5.91 Å². The molecule has 1 aromatic heterocycles. The molecule has 0 unspecified atom stereocenters. The molecule has 0 radical (unpaired) electrons. The van der Waals surface area contributed by atoms with Gasteiger partial charge in [-0.05, 0) is 44.0 Å². The van der Waals surface area contributed by atoms with Gasteiger partial charge >= 0.3 is 12.1 Å². The third-order valence-corrected chi connectivity index (χ3v) is 4.27. The third kappa shape index (κ3) is 4.50. The second kappa shape index (κ2) is 7.25. The quantitative estimate of drug-likeness (QED) is 0.840. The van der Waals surface area contributed by atoms with Crippen LogP contribution in [0.5, 0.6) is 0 Å². The number of fused-ring (bicyclic) bond motifs is 1. The van der Waals surface area contributed by atoms with Gasteiger partial charge in [-0.25, -0.2) is 4.79 Å². The number of carboxylic acids is 1. The van der Waals surface area contributed by atoms with E-state index in [0.717, 1.165) is 26.2 Å². The molecule has 134 valence electrons. The van der Waals surface area contributed by atoms with Crippen molar-refractivity contribution in [2.45, 2.75) is 12.6 Å². The van der Waals surface area contributed by atoms with E-state index in [1.165, 1.54) is 6.42 Å². The Balaban J connectivity index is 0.000000256. The maximum atomic E-state index is 12.2. The molecule has 1 N–H and O–H groups in total. The number of carbonyl (C=O) groups excluding carboxylic acids is 1. The molecule has 2 atom stereocenters. The minimum Gasteiger partial charge on any atom is -0.475 e. The van der Waals surface area contributed by atoms with Crippen molar-refractivity contribution in [1.82, 2.24) is 9.80 Å². The molecule has 24 heavy (non-hydrogen) atoms. The second-order valence-corrected chi connectivity index (χ2v) is 6.06. The number of furan rings is 1. The molecule has 0 saturated carbocycles. The first kappa shape index (κ1) is 18.3. The van der Waals surface area contributed by atoms with Gasteiger partial charge in [-0.1, -0.05) is 0 Å². The molecule has 0 aromatic carbocycles. The number of amides is 1. The number of nitrogens with zero attached hydrogens (tertiary/aromatic N) is 2. The zero-order valence-electron chi connectivity index (χ0n) is 13.1. The highest BCUT2D eigenvalue weighted by atomic mass is 19.4. The first-order chi connectivity index (χ1) is 11.2. The number of hydrogen-bond acceptors (Lipinski definition) is 4. The number of aliphatic carboxylic acids is 1. The van der Waals surface area contributed by atoms with Crippen LogP contribution in [0.25, 0.3) is 0 Å². The summed E-state index contributed by atoms with van der Waals surface area (Å²) in [6.45, 7) is 4.06. The van der Waals surface area contributed by atoms with Gasteiger partial charge < -0.3 is 19.3 Å². The Kier molecular flexibility index (Phi) is 5.53. The summed E-state index contributed by atoms with van der Waals surface area (Å²) in [6.07, 6.45) is -2.31. The zero-order valence-corrected chi connectivity index (χ0v) is 13.1. The van der Waals surface area contributed by atoms with Crippen molar-refractivity contribution < 1.29 is 32.3 Å². The molecule has 0 bridgehead atoms.